The summed E-state index contributed by atoms with van der Waals surface area (Å²) in [4.78, 5) is 33.1. The van der Waals surface area contributed by atoms with Gasteiger partial charge in [-0.25, -0.2) is 4.98 Å². The molecule has 5 nitrogen and oxygen atoms in total. The summed E-state index contributed by atoms with van der Waals surface area (Å²) in [6.45, 7) is 5.75. The van der Waals surface area contributed by atoms with E-state index in [0.29, 0.717) is 27.7 Å². The van der Waals surface area contributed by atoms with Gasteiger partial charge in [0.2, 0.25) is 5.91 Å². The van der Waals surface area contributed by atoms with Gasteiger partial charge in [-0.3, -0.25) is 14.2 Å². The van der Waals surface area contributed by atoms with Crippen LogP contribution in [0, 0.1) is 5.92 Å². The number of rotatable bonds is 9. The van der Waals surface area contributed by atoms with E-state index in [-0.39, 0.29) is 17.5 Å². The molecule has 0 saturated heterocycles. The van der Waals surface area contributed by atoms with Crippen LogP contribution in [0.15, 0.2) is 64.5 Å². The molecule has 1 amide bonds. The lowest BCUT2D eigenvalue weighted by molar-refractivity contribution is -0.128. The minimum Gasteiger partial charge on any atom is -0.342 e. The van der Waals surface area contributed by atoms with Gasteiger partial charge in [-0.1, -0.05) is 61.2 Å². The van der Waals surface area contributed by atoms with E-state index in [0.717, 1.165) is 25.1 Å². The van der Waals surface area contributed by atoms with Crippen molar-refractivity contribution in [1.82, 2.24) is 14.5 Å². The number of fused-ring (bicyclic) bond motifs is 1. The number of benzene rings is 2. The molecule has 1 saturated carbocycles. The molecule has 6 heteroatoms. The SMILES string of the molecule is CCCN(CC1CC1)C(=O)CSc1nc2ccccc2c(=O)n1C(C)c1ccccc1. The van der Waals surface area contributed by atoms with Gasteiger partial charge >= 0.3 is 0 Å². The Morgan fingerprint density at radius 2 is 1.87 bits per heavy atom. The third-order valence-corrected chi connectivity index (χ3v) is 6.73. The van der Waals surface area contributed by atoms with E-state index in [1.54, 1.807) is 4.57 Å². The van der Waals surface area contributed by atoms with E-state index in [4.69, 9.17) is 4.98 Å². The van der Waals surface area contributed by atoms with Crippen molar-refractivity contribution < 1.29 is 4.79 Å². The minimum absolute atomic E-state index is 0.0692. The van der Waals surface area contributed by atoms with Gasteiger partial charge in [0.1, 0.15) is 0 Å². The molecule has 4 rings (SSSR count). The summed E-state index contributed by atoms with van der Waals surface area (Å²) in [5, 5.41) is 1.19. The van der Waals surface area contributed by atoms with Crippen LogP contribution < -0.4 is 5.56 Å². The largest absolute Gasteiger partial charge is 0.342 e. The maximum absolute atomic E-state index is 13.4. The van der Waals surface area contributed by atoms with Crippen molar-refractivity contribution in [2.45, 2.75) is 44.3 Å². The molecule has 0 aliphatic heterocycles. The van der Waals surface area contributed by atoms with E-state index in [1.165, 1.54) is 24.6 Å². The minimum atomic E-state index is -0.179. The molecular formula is C25H29N3O2S. The smallest absolute Gasteiger partial charge is 0.262 e. The van der Waals surface area contributed by atoms with Crippen molar-refractivity contribution in [2.24, 2.45) is 5.92 Å². The highest BCUT2D eigenvalue weighted by atomic mass is 32.2. The zero-order valence-corrected chi connectivity index (χ0v) is 19.0. The van der Waals surface area contributed by atoms with Crippen molar-refractivity contribution in [3.05, 3.63) is 70.5 Å². The number of aromatic nitrogens is 2. The number of carbonyl (C=O) groups is 1. The molecule has 1 atom stereocenters. The third kappa shape index (κ3) is 5.01. The molecule has 2 aromatic carbocycles. The van der Waals surface area contributed by atoms with E-state index in [2.05, 4.69) is 6.92 Å². The van der Waals surface area contributed by atoms with Crippen LogP contribution in [0.25, 0.3) is 10.9 Å². The van der Waals surface area contributed by atoms with E-state index >= 15 is 0 Å². The molecule has 1 aliphatic carbocycles. The van der Waals surface area contributed by atoms with Gasteiger partial charge in [0.25, 0.3) is 5.56 Å². The Bertz CT molecular complexity index is 1110. The van der Waals surface area contributed by atoms with E-state index in [9.17, 15) is 9.59 Å². The quantitative estimate of drug-likeness (QED) is 0.360. The van der Waals surface area contributed by atoms with Crippen molar-refractivity contribution in [1.29, 1.82) is 0 Å². The van der Waals surface area contributed by atoms with Gasteiger partial charge in [-0.2, -0.15) is 0 Å². The zero-order valence-electron chi connectivity index (χ0n) is 18.2. The van der Waals surface area contributed by atoms with Gasteiger partial charge in [0.15, 0.2) is 5.16 Å². The fourth-order valence-corrected chi connectivity index (χ4v) is 4.85. The number of hydrogen-bond donors (Lipinski definition) is 0. The normalized spacial score (nSPS) is 14.5. The first-order valence-electron chi connectivity index (χ1n) is 11.0. The number of amides is 1. The summed E-state index contributed by atoms with van der Waals surface area (Å²) in [6, 6.07) is 17.2. The first kappa shape index (κ1) is 21.6. The van der Waals surface area contributed by atoms with Gasteiger partial charge in [0, 0.05) is 13.1 Å². The molecule has 1 fully saturated rings. The lowest BCUT2D eigenvalue weighted by atomic mass is 10.1. The Morgan fingerprint density at radius 1 is 1.16 bits per heavy atom. The highest BCUT2D eigenvalue weighted by molar-refractivity contribution is 7.99. The molecule has 1 aromatic heterocycles. The molecular weight excluding hydrogens is 406 g/mol. The topological polar surface area (TPSA) is 55.2 Å². The molecule has 3 aromatic rings. The Balaban J connectivity index is 1.65. The lowest BCUT2D eigenvalue weighted by Gasteiger charge is -2.23. The van der Waals surface area contributed by atoms with Gasteiger partial charge < -0.3 is 4.90 Å². The molecule has 0 spiro atoms. The Hall–Kier alpha value is -2.60. The Morgan fingerprint density at radius 3 is 2.58 bits per heavy atom. The molecule has 162 valence electrons. The summed E-state index contributed by atoms with van der Waals surface area (Å²) >= 11 is 1.37. The number of para-hydroxylation sites is 1. The predicted octanol–water partition coefficient (Wildman–Crippen LogP) is 4.75. The summed E-state index contributed by atoms with van der Waals surface area (Å²) in [5.74, 6) is 1.08. The Kier molecular flexibility index (Phi) is 6.76. The van der Waals surface area contributed by atoms with Crippen LogP contribution in [0.1, 0.15) is 44.7 Å². The maximum Gasteiger partial charge on any atom is 0.262 e. The molecule has 1 aliphatic rings. The summed E-state index contributed by atoms with van der Waals surface area (Å²) in [6.07, 6.45) is 3.40. The number of nitrogens with zero attached hydrogens (tertiary/aromatic N) is 3. The van der Waals surface area contributed by atoms with Crippen molar-refractivity contribution in [3.8, 4) is 0 Å². The number of hydrogen-bond acceptors (Lipinski definition) is 4. The van der Waals surface area contributed by atoms with Crippen LogP contribution >= 0.6 is 11.8 Å². The second kappa shape index (κ2) is 9.69. The average Bonchev–Trinajstić information content (AvgIpc) is 3.61. The van der Waals surface area contributed by atoms with Crippen LogP contribution in [-0.2, 0) is 4.79 Å². The molecule has 1 heterocycles. The van der Waals surface area contributed by atoms with Crippen LogP contribution in [-0.4, -0.2) is 39.2 Å². The van der Waals surface area contributed by atoms with Crippen molar-refractivity contribution in [2.75, 3.05) is 18.8 Å². The summed E-state index contributed by atoms with van der Waals surface area (Å²) in [5.41, 5.74) is 1.64. The average molecular weight is 436 g/mol. The van der Waals surface area contributed by atoms with Crippen molar-refractivity contribution >= 4 is 28.6 Å². The first-order chi connectivity index (χ1) is 15.1. The number of thioether (sulfide) groups is 1. The standard InChI is InChI=1S/C25H29N3O2S/c1-3-15-27(16-19-13-14-19)23(29)17-31-25-26-22-12-8-7-11-21(22)24(30)28(25)18(2)20-9-5-4-6-10-20/h4-12,18-19H,3,13-17H2,1-2H3. The second-order valence-electron chi connectivity index (χ2n) is 8.25. The summed E-state index contributed by atoms with van der Waals surface area (Å²) < 4.78 is 1.74. The second-order valence-corrected chi connectivity index (χ2v) is 9.19. The van der Waals surface area contributed by atoms with Crippen LogP contribution in [0.4, 0.5) is 0 Å². The lowest BCUT2D eigenvalue weighted by Crippen LogP contribution is -2.35. The van der Waals surface area contributed by atoms with E-state index < -0.39 is 0 Å². The molecule has 1 unspecified atom stereocenters. The fraction of sp³-hybridized carbons (Fsp3) is 0.400. The van der Waals surface area contributed by atoms with Gasteiger partial charge in [0.05, 0.1) is 22.7 Å². The van der Waals surface area contributed by atoms with Gasteiger partial charge in [-0.05, 0) is 49.8 Å². The number of carbonyl (C=O) groups excluding carboxylic acids is 1. The van der Waals surface area contributed by atoms with Crippen LogP contribution in [0.2, 0.25) is 0 Å². The monoisotopic (exact) mass is 435 g/mol. The molecule has 31 heavy (non-hydrogen) atoms. The Labute approximate surface area is 187 Å². The van der Waals surface area contributed by atoms with Gasteiger partial charge in [-0.15, -0.1) is 0 Å². The van der Waals surface area contributed by atoms with Crippen molar-refractivity contribution in [3.63, 3.8) is 0 Å². The molecule has 0 radical (unpaired) electrons. The van der Waals surface area contributed by atoms with Crippen LogP contribution in [0.5, 0.6) is 0 Å². The molecule has 0 N–H and O–H groups in total. The first-order valence-corrected chi connectivity index (χ1v) is 12.0. The highest BCUT2D eigenvalue weighted by Gasteiger charge is 2.27. The highest BCUT2D eigenvalue weighted by Crippen LogP contribution is 2.30. The molecule has 0 bridgehead atoms. The summed E-state index contributed by atoms with van der Waals surface area (Å²) in [7, 11) is 0. The van der Waals surface area contributed by atoms with Crippen LogP contribution in [0.3, 0.4) is 0 Å². The van der Waals surface area contributed by atoms with E-state index in [1.807, 2.05) is 66.4 Å². The predicted molar refractivity (Wildman–Crippen MR) is 127 cm³/mol. The maximum atomic E-state index is 13.4. The third-order valence-electron chi connectivity index (χ3n) is 5.79. The zero-order chi connectivity index (χ0) is 21.8. The fourth-order valence-electron chi connectivity index (χ4n) is 3.87.